The molecule has 0 saturated carbocycles. The highest BCUT2D eigenvalue weighted by atomic mass is 16.5. The standard InChI is InChI=1S/C23H27N3O3/c1-2-16-29-21-12-10-20(11-13-21)25-22(27)17-24-19-8-6-18(7-9-19)23(28)26-14-4-3-5-15-26/h2,6-13,24H,1,3-5,14-17H2,(H,25,27). The first kappa shape index (κ1) is 20.5. The average Bonchev–Trinajstić information content (AvgIpc) is 2.78. The lowest BCUT2D eigenvalue weighted by molar-refractivity contribution is -0.114. The Morgan fingerprint density at radius 2 is 1.62 bits per heavy atom. The lowest BCUT2D eigenvalue weighted by Crippen LogP contribution is -2.35. The zero-order valence-electron chi connectivity index (χ0n) is 16.5. The minimum absolute atomic E-state index is 0.0782. The monoisotopic (exact) mass is 393 g/mol. The van der Waals surface area contributed by atoms with E-state index in [0.717, 1.165) is 37.4 Å². The number of hydrogen-bond acceptors (Lipinski definition) is 4. The van der Waals surface area contributed by atoms with Crippen LogP contribution in [0, 0.1) is 0 Å². The fourth-order valence-corrected chi connectivity index (χ4v) is 3.19. The number of anilines is 2. The molecule has 2 N–H and O–H groups in total. The van der Waals surface area contributed by atoms with Crippen molar-refractivity contribution >= 4 is 23.2 Å². The molecule has 0 spiro atoms. The van der Waals surface area contributed by atoms with Gasteiger partial charge in [-0.2, -0.15) is 0 Å². The van der Waals surface area contributed by atoms with Crippen LogP contribution in [0.25, 0.3) is 0 Å². The molecule has 1 aliphatic rings. The van der Waals surface area contributed by atoms with Crippen LogP contribution >= 0.6 is 0 Å². The molecule has 1 heterocycles. The van der Waals surface area contributed by atoms with Crippen molar-refractivity contribution in [3.05, 3.63) is 66.7 Å². The summed E-state index contributed by atoms with van der Waals surface area (Å²) in [5.41, 5.74) is 2.18. The highest BCUT2D eigenvalue weighted by molar-refractivity contribution is 5.95. The molecule has 152 valence electrons. The minimum Gasteiger partial charge on any atom is -0.490 e. The molecule has 0 atom stereocenters. The fraction of sp³-hybridized carbons (Fsp3) is 0.304. The van der Waals surface area contributed by atoms with Gasteiger partial charge in [-0.05, 0) is 67.8 Å². The van der Waals surface area contributed by atoms with E-state index in [9.17, 15) is 9.59 Å². The molecule has 2 amide bonds. The van der Waals surface area contributed by atoms with Gasteiger partial charge in [0.1, 0.15) is 12.4 Å². The summed E-state index contributed by atoms with van der Waals surface area (Å²) < 4.78 is 5.42. The van der Waals surface area contributed by atoms with Crippen LogP contribution in [0.2, 0.25) is 0 Å². The summed E-state index contributed by atoms with van der Waals surface area (Å²) in [6.07, 6.45) is 5.02. The van der Waals surface area contributed by atoms with E-state index in [0.29, 0.717) is 17.9 Å². The number of hydrogen-bond donors (Lipinski definition) is 2. The second-order valence-electron chi connectivity index (χ2n) is 6.96. The molecule has 2 aromatic carbocycles. The predicted molar refractivity (Wildman–Crippen MR) is 115 cm³/mol. The van der Waals surface area contributed by atoms with Gasteiger partial charge in [-0.15, -0.1) is 0 Å². The molecular weight excluding hydrogens is 366 g/mol. The van der Waals surface area contributed by atoms with E-state index in [1.54, 1.807) is 42.5 Å². The van der Waals surface area contributed by atoms with Gasteiger partial charge < -0.3 is 20.3 Å². The van der Waals surface area contributed by atoms with Crippen molar-refractivity contribution in [3.8, 4) is 5.75 Å². The maximum Gasteiger partial charge on any atom is 0.253 e. The van der Waals surface area contributed by atoms with Crippen molar-refractivity contribution < 1.29 is 14.3 Å². The van der Waals surface area contributed by atoms with Gasteiger partial charge in [0.2, 0.25) is 5.91 Å². The molecule has 29 heavy (non-hydrogen) atoms. The molecule has 1 fully saturated rings. The maximum atomic E-state index is 12.5. The quantitative estimate of drug-likeness (QED) is 0.667. The third-order valence-electron chi connectivity index (χ3n) is 4.73. The van der Waals surface area contributed by atoms with E-state index in [4.69, 9.17) is 4.74 Å². The van der Waals surface area contributed by atoms with Gasteiger partial charge in [0.15, 0.2) is 0 Å². The Morgan fingerprint density at radius 1 is 0.966 bits per heavy atom. The summed E-state index contributed by atoms with van der Waals surface area (Å²) >= 11 is 0. The second-order valence-corrected chi connectivity index (χ2v) is 6.96. The van der Waals surface area contributed by atoms with E-state index >= 15 is 0 Å². The van der Waals surface area contributed by atoms with Crippen LogP contribution in [0.3, 0.4) is 0 Å². The Kier molecular flexibility index (Phi) is 7.28. The zero-order chi connectivity index (χ0) is 20.5. The summed E-state index contributed by atoms with van der Waals surface area (Å²) in [5, 5.41) is 5.91. The van der Waals surface area contributed by atoms with E-state index in [2.05, 4.69) is 17.2 Å². The number of rotatable bonds is 8. The Bertz CT molecular complexity index is 825. The average molecular weight is 393 g/mol. The molecule has 1 aliphatic heterocycles. The highest BCUT2D eigenvalue weighted by Crippen LogP contribution is 2.17. The fourth-order valence-electron chi connectivity index (χ4n) is 3.19. The van der Waals surface area contributed by atoms with Crippen molar-refractivity contribution in [1.82, 2.24) is 4.90 Å². The van der Waals surface area contributed by atoms with Gasteiger partial charge in [0, 0.05) is 30.0 Å². The number of amides is 2. The Balaban J connectivity index is 1.46. The van der Waals surface area contributed by atoms with Crippen LogP contribution < -0.4 is 15.4 Å². The van der Waals surface area contributed by atoms with Gasteiger partial charge >= 0.3 is 0 Å². The molecule has 1 saturated heterocycles. The topological polar surface area (TPSA) is 70.7 Å². The van der Waals surface area contributed by atoms with Crippen LogP contribution in [-0.2, 0) is 4.79 Å². The number of ether oxygens (including phenoxy) is 1. The summed E-state index contributed by atoms with van der Waals surface area (Å²) in [6, 6.07) is 14.4. The van der Waals surface area contributed by atoms with Crippen LogP contribution in [0.4, 0.5) is 11.4 Å². The zero-order valence-corrected chi connectivity index (χ0v) is 16.5. The summed E-state index contributed by atoms with van der Waals surface area (Å²) in [6.45, 7) is 5.85. The molecule has 6 heteroatoms. The Morgan fingerprint density at radius 3 is 2.28 bits per heavy atom. The van der Waals surface area contributed by atoms with Crippen LogP contribution in [0.1, 0.15) is 29.6 Å². The van der Waals surface area contributed by atoms with Gasteiger partial charge in [-0.1, -0.05) is 12.7 Å². The smallest absolute Gasteiger partial charge is 0.253 e. The van der Waals surface area contributed by atoms with Gasteiger partial charge in [0.05, 0.1) is 6.54 Å². The Labute approximate surface area is 171 Å². The molecule has 3 rings (SSSR count). The van der Waals surface area contributed by atoms with Crippen LogP contribution in [0.5, 0.6) is 5.75 Å². The lowest BCUT2D eigenvalue weighted by Gasteiger charge is -2.26. The first-order chi connectivity index (χ1) is 14.2. The maximum absolute atomic E-state index is 12.5. The van der Waals surface area contributed by atoms with E-state index in [-0.39, 0.29) is 18.4 Å². The highest BCUT2D eigenvalue weighted by Gasteiger charge is 2.17. The van der Waals surface area contributed by atoms with Crippen molar-refractivity contribution in [3.63, 3.8) is 0 Å². The summed E-state index contributed by atoms with van der Waals surface area (Å²) in [7, 11) is 0. The van der Waals surface area contributed by atoms with Crippen molar-refractivity contribution in [2.45, 2.75) is 19.3 Å². The number of piperidine rings is 1. The number of benzene rings is 2. The van der Waals surface area contributed by atoms with Crippen molar-refractivity contribution in [2.24, 2.45) is 0 Å². The third-order valence-corrected chi connectivity index (χ3v) is 4.73. The largest absolute Gasteiger partial charge is 0.490 e. The molecule has 2 aromatic rings. The van der Waals surface area contributed by atoms with Gasteiger partial charge in [0.25, 0.3) is 5.91 Å². The molecule has 0 aromatic heterocycles. The van der Waals surface area contributed by atoms with Gasteiger partial charge in [-0.25, -0.2) is 0 Å². The van der Waals surface area contributed by atoms with Crippen LogP contribution in [-0.4, -0.2) is 43.0 Å². The lowest BCUT2D eigenvalue weighted by atomic mass is 10.1. The normalized spacial score (nSPS) is 13.4. The predicted octanol–water partition coefficient (Wildman–Crippen LogP) is 3.93. The number of nitrogens with zero attached hydrogens (tertiary/aromatic N) is 1. The molecular formula is C23H27N3O3. The first-order valence-corrected chi connectivity index (χ1v) is 9.92. The molecule has 0 bridgehead atoms. The minimum atomic E-state index is -0.154. The van der Waals surface area contributed by atoms with E-state index in [1.165, 1.54) is 6.42 Å². The summed E-state index contributed by atoms with van der Waals surface area (Å²) in [4.78, 5) is 26.5. The third kappa shape index (κ3) is 6.10. The van der Waals surface area contributed by atoms with Crippen LogP contribution in [0.15, 0.2) is 61.2 Å². The van der Waals surface area contributed by atoms with E-state index in [1.807, 2.05) is 17.0 Å². The van der Waals surface area contributed by atoms with Gasteiger partial charge in [-0.3, -0.25) is 9.59 Å². The Hall–Kier alpha value is -3.28. The molecule has 0 unspecified atom stereocenters. The first-order valence-electron chi connectivity index (χ1n) is 9.92. The SMILES string of the molecule is C=CCOc1ccc(NC(=O)CNc2ccc(C(=O)N3CCCCC3)cc2)cc1. The number of nitrogens with one attached hydrogen (secondary N) is 2. The number of carbonyl (C=O) groups excluding carboxylic acids is 2. The number of likely N-dealkylation sites (tertiary alicyclic amines) is 1. The second kappa shape index (κ2) is 10.3. The molecule has 0 aliphatic carbocycles. The van der Waals surface area contributed by atoms with Crippen molar-refractivity contribution in [2.75, 3.05) is 36.9 Å². The van der Waals surface area contributed by atoms with Crippen molar-refractivity contribution in [1.29, 1.82) is 0 Å². The van der Waals surface area contributed by atoms with E-state index < -0.39 is 0 Å². The molecule has 0 radical (unpaired) electrons. The number of carbonyl (C=O) groups is 2. The summed E-state index contributed by atoms with van der Waals surface area (Å²) in [5.74, 6) is 0.646. The molecule has 6 nitrogen and oxygen atoms in total.